The number of anilines is 1. The third-order valence-electron chi connectivity index (χ3n) is 5.03. The van der Waals surface area contributed by atoms with E-state index in [0.29, 0.717) is 22.2 Å². The first kappa shape index (κ1) is 18.7. The molecule has 0 amide bonds. The molecule has 0 radical (unpaired) electrons. The maximum absolute atomic E-state index is 12.9. The van der Waals surface area contributed by atoms with Gasteiger partial charge in [-0.05, 0) is 52.3 Å². The highest BCUT2D eigenvalue weighted by molar-refractivity contribution is 5.92. The van der Waals surface area contributed by atoms with E-state index in [1.807, 2.05) is 6.07 Å². The normalized spacial score (nSPS) is 17.2. The van der Waals surface area contributed by atoms with Crippen molar-refractivity contribution in [3.05, 3.63) is 42.0 Å². The lowest BCUT2D eigenvalue weighted by Gasteiger charge is -2.34. The van der Waals surface area contributed by atoms with Crippen LogP contribution in [0.5, 0.6) is 0 Å². The van der Waals surface area contributed by atoms with E-state index in [1.165, 1.54) is 18.2 Å². The predicted molar refractivity (Wildman–Crippen MR) is 98.0 cm³/mol. The van der Waals surface area contributed by atoms with E-state index in [1.54, 1.807) is 12.1 Å². The summed E-state index contributed by atoms with van der Waals surface area (Å²) in [5.74, 6) is 0. The number of fused-ring (bicyclic) bond motifs is 1. The van der Waals surface area contributed by atoms with Crippen LogP contribution >= 0.6 is 0 Å². The average Bonchev–Trinajstić information content (AvgIpc) is 3.15. The zero-order valence-electron chi connectivity index (χ0n) is 15.1. The highest BCUT2D eigenvalue weighted by Crippen LogP contribution is 2.36. The summed E-state index contributed by atoms with van der Waals surface area (Å²) in [7, 11) is 2.05. The van der Waals surface area contributed by atoms with Crippen LogP contribution in [-0.2, 0) is 0 Å². The molecule has 6 nitrogen and oxygen atoms in total. The topological polar surface area (TPSA) is 65.6 Å². The molecule has 3 aromatic rings. The molecule has 148 valence electrons. The Morgan fingerprint density at radius 2 is 1.79 bits per heavy atom. The van der Waals surface area contributed by atoms with Crippen LogP contribution in [0.2, 0.25) is 0 Å². The first-order valence-electron chi connectivity index (χ1n) is 8.88. The Balaban J connectivity index is 1.76. The van der Waals surface area contributed by atoms with Crippen LogP contribution in [0.3, 0.4) is 0 Å². The van der Waals surface area contributed by atoms with Gasteiger partial charge < -0.3 is 14.9 Å². The molecule has 9 heteroatoms. The Bertz CT molecular complexity index is 981. The summed E-state index contributed by atoms with van der Waals surface area (Å²) in [5.41, 5.74) is 3.04. The molecule has 1 aliphatic heterocycles. The summed E-state index contributed by atoms with van der Waals surface area (Å²) >= 11 is 0. The summed E-state index contributed by atoms with van der Waals surface area (Å²) in [6, 6.07) is 9.43. The zero-order chi connectivity index (χ0) is 19.9. The number of benzene rings is 2. The molecular formula is C19H19F3N4O2. The Labute approximate surface area is 159 Å². The van der Waals surface area contributed by atoms with Crippen LogP contribution in [0, 0.1) is 0 Å². The molecule has 28 heavy (non-hydrogen) atoms. The summed E-state index contributed by atoms with van der Waals surface area (Å²) in [5, 5.41) is 17.5. The number of piperazine rings is 1. The van der Waals surface area contributed by atoms with Gasteiger partial charge in [0.15, 0.2) is 11.6 Å². The number of rotatable bonds is 3. The molecular weight excluding hydrogens is 373 g/mol. The van der Waals surface area contributed by atoms with Gasteiger partial charge in [-0.2, -0.15) is 13.2 Å². The number of hydrogen-bond acceptors (Lipinski definition) is 6. The highest BCUT2D eigenvalue weighted by Gasteiger charge is 2.39. The zero-order valence-corrected chi connectivity index (χ0v) is 15.1. The summed E-state index contributed by atoms with van der Waals surface area (Å²) < 4.78 is 43.5. The predicted octanol–water partition coefficient (Wildman–Crippen LogP) is 3.24. The molecule has 1 saturated heterocycles. The third kappa shape index (κ3) is 3.55. The second-order valence-electron chi connectivity index (χ2n) is 6.99. The Kier molecular flexibility index (Phi) is 4.72. The minimum Gasteiger partial charge on any atom is -0.379 e. The molecule has 1 N–H and O–H groups in total. The minimum absolute atomic E-state index is 0.204. The van der Waals surface area contributed by atoms with Crippen LogP contribution in [0.25, 0.3) is 22.2 Å². The van der Waals surface area contributed by atoms with Crippen molar-refractivity contribution >= 4 is 16.7 Å². The van der Waals surface area contributed by atoms with Crippen molar-refractivity contribution in [2.24, 2.45) is 0 Å². The smallest absolute Gasteiger partial charge is 0.379 e. The van der Waals surface area contributed by atoms with Gasteiger partial charge in [0, 0.05) is 26.2 Å². The standard InChI is InChI=1S/C19H19F3N4O2/c1-25-5-7-26(8-6-25)16-11-14(10-15-17(16)24-28-23-15)12-3-2-4-13(9-12)18(27)19(20,21)22/h2-4,9-11,18,27H,5-8H2,1H3. The Morgan fingerprint density at radius 1 is 1.04 bits per heavy atom. The van der Waals surface area contributed by atoms with Crippen molar-refractivity contribution in [2.45, 2.75) is 12.3 Å². The fourth-order valence-corrected chi connectivity index (χ4v) is 3.40. The van der Waals surface area contributed by atoms with Gasteiger partial charge in [0.2, 0.25) is 0 Å². The van der Waals surface area contributed by atoms with Gasteiger partial charge in [0.05, 0.1) is 5.69 Å². The van der Waals surface area contributed by atoms with Gasteiger partial charge in [-0.1, -0.05) is 18.2 Å². The molecule has 0 saturated carbocycles. The lowest BCUT2D eigenvalue weighted by atomic mass is 9.99. The molecule has 4 rings (SSSR count). The Hall–Kier alpha value is -2.65. The molecule has 0 spiro atoms. The van der Waals surface area contributed by atoms with Gasteiger partial charge >= 0.3 is 6.18 Å². The molecule has 1 atom stereocenters. The fourth-order valence-electron chi connectivity index (χ4n) is 3.40. The van der Waals surface area contributed by atoms with Crippen LogP contribution in [0.4, 0.5) is 18.9 Å². The molecule has 1 aliphatic rings. The molecule has 0 aliphatic carbocycles. The van der Waals surface area contributed by atoms with Crippen molar-refractivity contribution < 1.29 is 22.9 Å². The van der Waals surface area contributed by atoms with E-state index >= 15 is 0 Å². The number of aromatic nitrogens is 2. The lowest BCUT2D eigenvalue weighted by Crippen LogP contribution is -2.44. The average molecular weight is 392 g/mol. The largest absolute Gasteiger partial charge is 0.418 e. The van der Waals surface area contributed by atoms with E-state index < -0.39 is 12.3 Å². The van der Waals surface area contributed by atoms with Crippen molar-refractivity contribution in [1.82, 2.24) is 15.2 Å². The number of aliphatic hydroxyl groups is 1. The number of hydrogen-bond donors (Lipinski definition) is 1. The summed E-state index contributed by atoms with van der Waals surface area (Å²) in [6.45, 7) is 3.39. The van der Waals surface area contributed by atoms with Gasteiger partial charge in [0.25, 0.3) is 0 Å². The highest BCUT2D eigenvalue weighted by atomic mass is 19.4. The van der Waals surface area contributed by atoms with Crippen LogP contribution in [0.1, 0.15) is 11.7 Å². The van der Waals surface area contributed by atoms with Crippen LogP contribution in [0.15, 0.2) is 41.0 Å². The number of halogens is 3. The van der Waals surface area contributed by atoms with Gasteiger partial charge in [0.1, 0.15) is 5.52 Å². The number of aliphatic hydroxyl groups excluding tert-OH is 1. The van der Waals surface area contributed by atoms with Crippen molar-refractivity contribution in [1.29, 1.82) is 0 Å². The Morgan fingerprint density at radius 3 is 2.50 bits per heavy atom. The van der Waals surface area contributed by atoms with Crippen molar-refractivity contribution in [3.63, 3.8) is 0 Å². The third-order valence-corrected chi connectivity index (χ3v) is 5.03. The SMILES string of the molecule is CN1CCN(c2cc(-c3cccc(C(O)C(F)(F)F)c3)cc3nonc23)CC1. The van der Waals surface area contributed by atoms with Gasteiger partial charge in [-0.25, -0.2) is 4.63 Å². The summed E-state index contributed by atoms with van der Waals surface area (Å²) in [4.78, 5) is 4.39. The lowest BCUT2D eigenvalue weighted by molar-refractivity contribution is -0.206. The minimum atomic E-state index is -4.72. The molecule has 1 fully saturated rings. The van der Waals surface area contributed by atoms with Crippen LogP contribution < -0.4 is 4.90 Å². The summed E-state index contributed by atoms with van der Waals surface area (Å²) in [6.07, 6.45) is -7.24. The monoisotopic (exact) mass is 392 g/mol. The van der Waals surface area contributed by atoms with Crippen molar-refractivity contribution in [2.75, 3.05) is 38.1 Å². The van der Waals surface area contributed by atoms with Gasteiger partial charge in [-0.15, -0.1) is 0 Å². The second kappa shape index (κ2) is 7.06. The molecule has 2 aromatic carbocycles. The molecule has 1 unspecified atom stereocenters. The molecule has 0 bridgehead atoms. The van der Waals surface area contributed by atoms with E-state index in [4.69, 9.17) is 4.63 Å². The van der Waals surface area contributed by atoms with Crippen molar-refractivity contribution in [3.8, 4) is 11.1 Å². The number of alkyl halides is 3. The van der Waals surface area contributed by atoms with Crippen LogP contribution in [-0.4, -0.2) is 59.7 Å². The van der Waals surface area contributed by atoms with E-state index in [0.717, 1.165) is 31.9 Å². The number of likely N-dealkylation sites (N-methyl/N-ethyl adjacent to an activating group) is 1. The number of nitrogens with zero attached hydrogens (tertiary/aromatic N) is 4. The molecule has 1 aromatic heterocycles. The first-order valence-corrected chi connectivity index (χ1v) is 8.88. The quantitative estimate of drug-likeness (QED) is 0.738. The van der Waals surface area contributed by atoms with E-state index in [2.05, 4.69) is 27.2 Å². The maximum Gasteiger partial charge on any atom is 0.418 e. The maximum atomic E-state index is 12.9. The first-order chi connectivity index (χ1) is 13.3. The molecule has 2 heterocycles. The van der Waals surface area contributed by atoms with E-state index in [-0.39, 0.29) is 5.56 Å². The second-order valence-corrected chi connectivity index (χ2v) is 6.99. The fraction of sp³-hybridized carbons (Fsp3) is 0.368. The van der Waals surface area contributed by atoms with E-state index in [9.17, 15) is 18.3 Å². The van der Waals surface area contributed by atoms with Gasteiger partial charge in [-0.3, -0.25) is 0 Å².